The lowest BCUT2D eigenvalue weighted by Gasteiger charge is -2.12. The van der Waals surface area contributed by atoms with Crippen LogP contribution >= 0.6 is 0 Å². The first-order chi connectivity index (χ1) is 11.7. The van der Waals surface area contributed by atoms with Crippen molar-refractivity contribution in [2.45, 2.75) is 11.8 Å². The summed E-state index contributed by atoms with van der Waals surface area (Å²) >= 11 is 0. The molecule has 0 aliphatic heterocycles. The number of amides is 2. The van der Waals surface area contributed by atoms with Crippen LogP contribution in [0.4, 0.5) is 11.4 Å². The summed E-state index contributed by atoms with van der Waals surface area (Å²) < 4.78 is 32.5. The van der Waals surface area contributed by atoms with Crippen LogP contribution in [0.1, 0.15) is 17.3 Å². The number of carbonyl (C=O) groups excluding carboxylic acids is 2. The summed E-state index contributed by atoms with van der Waals surface area (Å²) in [6.45, 7) is 1.33. The molecule has 2 amide bonds. The number of methoxy groups -OCH3 is 1. The molecule has 0 radical (unpaired) electrons. The van der Waals surface area contributed by atoms with Crippen LogP contribution in [0.2, 0.25) is 0 Å². The predicted octanol–water partition coefficient (Wildman–Crippen LogP) is 1.55. The molecule has 2 aromatic rings. The maximum Gasteiger partial charge on any atom is 0.262 e. The quantitative estimate of drug-likeness (QED) is 0.717. The molecule has 0 aliphatic carbocycles. The first kappa shape index (κ1) is 18.3. The number of rotatable bonds is 6. The lowest BCUT2D eigenvalue weighted by atomic mass is 10.2. The van der Waals surface area contributed by atoms with Crippen LogP contribution in [0.3, 0.4) is 0 Å². The van der Waals surface area contributed by atoms with Crippen molar-refractivity contribution in [2.75, 3.05) is 17.1 Å². The molecule has 25 heavy (non-hydrogen) atoms. The van der Waals surface area contributed by atoms with Gasteiger partial charge in [-0.15, -0.1) is 0 Å². The summed E-state index contributed by atoms with van der Waals surface area (Å²) in [4.78, 5) is 22.1. The normalized spacial score (nSPS) is 10.8. The zero-order chi connectivity index (χ0) is 18.6. The van der Waals surface area contributed by atoms with Crippen molar-refractivity contribution in [3.63, 3.8) is 0 Å². The van der Waals surface area contributed by atoms with Gasteiger partial charge in [0.2, 0.25) is 11.8 Å². The molecule has 0 saturated carbocycles. The maximum atomic E-state index is 12.5. The van der Waals surface area contributed by atoms with Crippen molar-refractivity contribution in [3.8, 4) is 5.75 Å². The average molecular weight is 363 g/mol. The van der Waals surface area contributed by atoms with E-state index in [1.54, 1.807) is 0 Å². The summed E-state index contributed by atoms with van der Waals surface area (Å²) in [6.07, 6.45) is 0. The van der Waals surface area contributed by atoms with E-state index in [9.17, 15) is 18.0 Å². The van der Waals surface area contributed by atoms with Crippen LogP contribution in [-0.2, 0) is 14.8 Å². The highest BCUT2D eigenvalue weighted by atomic mass is 32.2. The predicted molar refractivity (Wildman–Crippen MR) is 93.1 cm³/mol. The standard InChI is InChI=1S/C16H17N3O5S/c1-10(20)18-14-8-7-13(9-15(14)24-2)25(22,23)19-12-5-3-11(4-6-12)16(17)21/h3-9,19H,1-2H3,(H2,17,21)(H,18,20). The van der Waals surface area contributed by atoms with E-state index in [0.717, 1.165) is 0 Å². The van der Waals surface area contributed by atoms with Gasteiger partial charge in [0.15, 0.2) is 0 Å². The van der Waals surface area contributed by atoms with E-state index < -0.39 is 15.9 Å². The Hall–Kier alpha value is -3.07. The Morgan fingerprint density at radius 2 is 1.72 bits per heavy atom. The molecule has 0 aliphatic rings. The minimum Gasteiger partial charge on any atom is -0.495 e. The number of sulfonamides is 1. The first-order valence-corrected chi connectivity index (χ1v) is 8.59. The third-order valence-electron chi connectivity index (χ3n) is 3.22. The summed E-state index contributed by atoms with van der Waals surface area (Å²) in [5.74, 6) is -0.698. The lowest BCUT2D eigenvalue weighted by molar-refractivity contribution is -0.114. The summed E-state index contributed by atoms with van der Waals surface area (Å²) in [6, 6.07) is 9.77. The van der Waals surface area contributed by atoms with E-state index >= 15 is 0 Å². The molecule has 0 saturated heterocycles. The lowest BCUT2D eigenvalue weighted by Crippen LogP contribution is -2.14. The zero-order valence-electron chi connectivity index (χ0n) is 13.6. The number of nitrogens with two attached hydrogens (primary N) is 1. The van der Waals surface area contributed by atoms with E-state index in [4.69, 9.17) is 10.5 Å². The second kappa shape index (κ2) is 7.22. The number of ether oxygens (including phenoxy) is 1. The second-order valence-electron chi connectivity index (χ2n) is 5.09. The van der Waals surface area contributed by atoms with E-state index in [-0.39, 0.29) is 27.8 Å². The molecular weight excluding hydrogens is 346 g/mol. The Bertz CT molecular complexity index is 908. The maximum absolute atomic E-state index is 12.5. The van der Waals surface area contributed by atoms with Gasteiger partial charge in [-0.3, -0.25) is 14.3 Å². The van der Waals surface area contributed by atoms with Gasteiger partial charge < -0.3 is 15.8 Å². The van der Waals surface area contributed by atoms with Crippen molar-refractivity contribution in [1.29, 1.82) is 0 Å². The molecule has 0 unspecified atom stereocenters. The summed E-state index contributed by atoms with van der Waals surface area (Å²) in [5, 5.41) is 2.55. The molecule has 9 heteroatoms. The third-order valence-corrected chi connectivity index (χ3v) is 4.59. The Morgan fingerprint density at radius 3 is 2.24 bits per heavy atom. The molecule has 0 heterocycles. The number of benzene rings is 2. The van der Waals surface area contributed by atoms with Crippen LogP contribution in [0.5, 0.6) is 5.75 Å². The molecule has 0 aromatic heterocycles. The average Bonchev–Trinajstić information content (AvgIpc) is 2.54. The number of carbonyl (C=O) groups is 2. The summed E-state index contributed by atoms with van der Waals surface area (Å²) in [5.41, 5.74) is 6.04. The first-order valence-electron chi connectivity index (χ1n) is 7.11. The van der Waals surface area contributed by atoms with Gasteiger partial charge in [-0.1, -0.05) is 0 Å². The zero-order valence-corrected chi connectivity index (χ0v) is 14.4. The summed E-state index contributed by atoms with van der Waals surface area (Å²) in [7, 11) is -2.52. The Labute approximate surface area is 145 Å². The van der Waals surface area contributed by atoms with Gasteiger partial charge in [0, 0.05) is 24.2 Å². The van der Waals surface area contributed by atoms with Crippen molar-refractivity contribution in [2.24, 2.45) is 5.73 Å². The molecular formula is C16H17N3O5S. The molecule has 8 nitrogen and oxygen atoms in total. The van der Waals surface area contributed by atoms with E-state index in [2.05, 4.69) is 10.0 Å². The van der Waals surface area contributed by atoms with Gasteiger partial charge in [-0.2, -0.15) is 0 Å². The molecule has 4 N–H and O–H groups in total. The fourth-order valence-electron chi connectivity index (χ4n) is 2.05. The van der Waals surface area contributed by atoms with Gasteiger partial charge >= 0.3 is 0 Å². The van der Waals surface area contributed by atoms with Crippen LogP contribution in [-0.4, -0.2) is 27.3 Å². The van der Waals surface area contributed by atoms with Crippen molar-refractivity contribution in [1.82, 2.24) is 0 Å². The van der Waals surface area contributed by atoms with Gasteiger partial charge in [-0.05, 0) is 36.4 Å². The molecule has 0 fully saturated rings. The molecule has 132 valence electrons. The van der Waals surface area contributed by atoms with E-state index in [1.807, 2.05) is 0 Å². The minimum absolute atomic E-state index is 0.0440. The second-order valence-corrected chi connectivity index (χ2v) is 6.77. The van der Waals surface area contributed by atoms with Gasteiger partial charge in [0.1, 0.15) is 5.75 Å². The van der Waals surface area contributed by atoms with Gasteiger partial charge in [0.05, 0.1) is 17.7 Å². The Kier molecular flexibility index (Phi) is 5.28. The highest BCUT2D eigenvalue weighted by molar-refractivity contribution is 7.92. The topological polar surface area (TPSA) is 128 Å². The minimum atomic E-state index is -3.88. The van der Waals surface area contributed by atoms with E-state index in [1.165, 1.54) is 56.5 Å². The fourth-order valence-corrected chi connectivity index (χ4v) is 3.12. The SMILES string of the molecule is COc1cc(S(=O)(=O)Nc2ccc(C(N)=O)cc2)ccc1NC(C)=O. The van der Waals surface area contributed by atoms with E-state index in [0.29, 0.717) is 5.69 Å². The van der Waals surface area contributed by atoms with Gasteiger partial charge in [-0.25, -0.2) is 8.42 Å². The van der Waals surface area contributed by atoms with Crippen LogP contribution < -0.4 is 20.5 Å². The van der Waals surface area contributed by atoms with Gasteiger partial charge in [0.25, 0.3) is 10.0 Å². The molecule has 0 bridgehead atoms. The number of hydrogen-bond acceptors (Lipinski definition) is 5. The molecule has 0 spiro atoms. The highest BCUT2D eigenvalue weighted by Gasteiger charge is 2.17. The van der Waals surface area contributed by atoms with Crippen molar-refractivity contribution in [3.05, 3.63) is 48.0 Å². The smallest absolute Gasteiger partial charge is 0.262 e. The molecule has 0 atom stereocenters. The Balaban J connectivity index is 2.29. The van der Waals surface area contributed by atoms with Crippen molar-refractivity contribution >= 4 is 33.2 Å². The number of anilines is 2. The molecule has 2 rings (SSSR count). The van der Waals surface area contributed by atoms with Crippen LogP contribution in [0.25, 0.3) is 0 Å². The van der Waals surface area contributed by atoms with Crippen molar-refractivity contribution < 1.29 is 22.7 Å². The fraction of sp³-hybridized carbons (Fsp3) is 0.125. The Morgan fingerprint density at radius 1 is 1.08 bits per heavy atom. The number of hydrogen-bond donors (Lipinski definition) is 3. The highest BCUT2D eigenvalue weighted by Crippen LogP contribution is 2.28. The monoisotopic (exact) mass is 363 g/mol. The third kappa shape index (κ3) is 4.48. The van der Waals surface area contributed by atoms with Crippen LogP contribution in [0.15, 0.2) is 47.4 Å². The largest absolute Gasteiger partial charge is 0.495 e. The number of primary amides is 1. The van der Waals surface area contributed by atoms with Crippen LogP contribution in [0, 0.1) is 0 Å². The number of nitrogens with one attached hydrogen (secondary N) is 2. The molecule has 2 aromatic carbocycles.